The monoisotopic (exact) mass is 309 g/mol. The SMILES string of the molecule is Cc1cccc(C(=O)NCc2ccn(-c3ccc(F)cc3)n2)c1. The average molecular weight is 309 g/mol. The lowest BCUT2D eigenvalue weighted by Crippen LogP contribution is -2.23. The molecule has 0 saturated heterocycles. The molecule has 0 spiro atoms. The molecule has 0 aliphatic rings. The van der Waals surface area contributed by atoms with Gasteiger partial charge in [-0.25, -0.2) is 9.07 Å². The zero-order valence-corrected chi connectivity index (χ0v) is 12.7. The van der Waals surface area contributed by atoms with Crippen LogP contribution in [0.15, 0.2) is 60.8 Å². The Bertz CT molecular complexity index is 824. The second kappa shape index (κ2) is 6.44. The summed E-state index contributed by atoms with van der Waals surface area (Å²) in [6.07, 6.45) is 1.78. The molecule has 1 amide bonds. The zero-order valence-electron chi connectivity index (χ0n) is 12.7. The van der Waals surface area contributed by atoms with Crippen molar-refractivity contribution in [3.8, 4) is 5.69 Å². The van der Waals surface area contributed by atoms with E-state index >= 15 is 0 Å². The summed E-state index contributed by atoms with van der Waals surface area (Å²) in [6.45, 7) is 2.28. The molecule has 116 valence electrons. The smallest absolute Gasteiger partial charge is 0.251 e. The van der Waals surface area contributed by atoms with E-state index in [1.54, 1.807) is 29.1 Å². The third-order valence-corrected chi connectivity index (χ3v) is 3.45. The number of hydrogen-bond acceptors (Lipinski definition) is 2. The Morgan fingerprint density at radius 1 is 1.17 bits per heavy atom. The molecule has 1 heterocycles. The summed E-state index contributed by atoms with van der Waals surface area (Å²) in [5, 5.41) is 7.21. The molecule has 23 heavy (non-hydrogen) atoms. The van der Waals surface area contributed by atoms with Gasteiger partial charge in [-0.15, -0.1) is 0 Å². The van der Waals surface area contributed by atoms with Crippen molar-refractivity contribution in [1.29, 1.82) is 0 Å². The lowest BCUT2D eigenvalue weighted by atomic mass is 10.1. The maximum atomic E-state index is 12.9. The number of aromatic nitrogens is 2. The molecule has 0 radical (unpaired) electrons. The predicted octanol–water partition coefficient (Wildman–Crippen LogP) is 3.25. The molecule has 3 rings (SSSR count). The molecule has 0 bridgehead atoms. The number of hydrogen-bond donors (Lipinski definition) is 1. The van der Waals surface area contributed by atoms with Crippen LogP contribution >= 0.6 is 0 Å². The summed E-state index contributed by atoms with van der Waals surface area (Å²) in [4.78, 5) is 12.1. The van der Waals surface area contributed by atoms with E-state index in [1.807, 2.05) is 31.2 Å². The Kier molecular flexibility index (Phi) is 4.19. The fraction of sp³-hybridized carbons (Fsp3) is 0.111. The van der Waals surface area contributed by atoms with Crippen LogP contribution in [0.25, 0.3) is 5.69 Å². The van der Waals surface area contributed by atoms with Gasteiger partial charge in [-0.2, -0.15) is 5.10 Å². The maximum absolute atomic E-state index is 12.9. The molecule has 2 aromatic carbocycles. The molecule has 0 unspecified atom stereocenters. The summed E-state index contributed by atoms with van der Waals surface area (Å²) >= 11 is 0. The molecule has 3 aromatic rings. The van der Waals surface area contributed by atoms with Gasteiger partial charge in [0, 0.05) is 11.8 Å². The molecular weight excluding hydrogens is 293 g/mol. The Morgan fingerprint density at radius 3 is 2.70 bits per heavy atom. The number of amides is 1. The molecule has 1 N–H and O–H groups in total. The van der Waals surface area contributed by atoms with E-state index in [2.05, 4.69) is 10.4 Å². The molecule has 0 aliphatic carbocycles. The maximum Gasteiger partial charge on any atom is 0.251 e. The number of aryl methyl sites for hydroxylation is 1. The van der Waals surface area contributed by atoms with Gasteiger partial charge in [-0.05, 0) is 49.4 Å². The van der Waals surface area contributed by atoms with Crippen molar-refractivity contribution in [2.45, 2.75) is 13.5 Å². The Labute approximate surface area is 133 Å². The van der Waals surface area contributed by atoms with Gasteiger partial charge in [0.1, 0.15) is 5.82 Å². The Hall–Kier alpha value is -2.95. The van der Waals surface area contributed by atoms with Crippen molar-refractivity contribution < 1.29 is 9.18 Å². The first-order valence-electron chi connectivity index (χ1n) is 7.27. The number of nitrogens with zero attached hydrogens (tertiary/aromatic N) is 2. The van der Waals surface area contributed by atoms with Crippen LogP contribution in [0.1, 0.15) is 21.6 Å². The number of nitrogens with one attached hydrogen (secondary N) is 1. The molecule has 0 fully saturated rings. The van der Waals surface area contributed by atoms with Gasteiger partial charge in [0.2, 0.25) is 0 Å². The van der Waals surface area contributed by atoms with Crippen LogP contribution in [0.4, 0.5) is 4.39 Å². The predicted molar refractivity (Wildman–Crippen MR) is 85.9 cm³/mol. The van der Waals surface area contributed by atoms with Gasteiger partial charge in [-0.3, -0.25) is 4.79 Å². The zero-order chi connectivity index (χ0) is 16.2. The van der Waals surface area contributed by atoms with Crippen molar-refractivity contribution in [2.24, 2.45) is 0 Å². The molecule has 0 saturated carbocycles. The van der Waals surface area contributed by atoms with Crippen LogP contribution in [0.2, 0.25) is 0 Å². The fourth-order valence-corrected chi connectivity index (χ4v) is 2.25. The second-order valence-corrected chi connectivity index (χ2v) is 5.28. The molecular formula is C18H16FN3O. The van der Waals surface area contributed by atoms with Crippen molar-refractivity contribution in [2.75, 3.05) is 0 Å². The Morgan fingerprint density at radius 2 is 1.96 bits per heavy atom. The minimum Gasteiger partial charge on any atom is -0.346 e. The minimum atomic E-state index is -0.286. The standard InChI is InChI=1S/C18H16FN3O/c1-13-3-2-4-14(11-13)18(23)20-12-16-9-10-22(21-16)17-7-5-15(19)6-8-17/h2-11H,12H2,1H3,(H,20,23). The van der Waals surface area contributed by atoms with Crippen molar-refractivity contribution >= 4 is 5.91 Å². The lowest BCUT2D eigenvalue weighted by Gasteiger charge is -2.04. The molecule has 5 heteroatoms. The van der Waals surface area contributed by atoms with E-state index in [-0.39, 0.29) is 11.7 Å². The largest absolute Gasteiger partial charge is 0.346 e. The summed E-state index contributed by atoms with van der Waals surface area (Å²) in [6, 6.07) is 15.3. The highest BCUT2D eigenvalue weighted by Crippen LogP contribution is 2.09. The topological polar surface area (TPSA) is 46.9 Å². The van der Waals surface area contributed by atoms with Gasteiger partial charge in [0.05, 0.1) is 17.9 Å². The summed E-state index contributed by atoms with van der Waals surface area (Å²) < 4.78 is 14.6. The molecule has 4 nitrogen and oxygen atoms in total. The van der Waals surface area contributed by atoms with Crippen LogP contribution < -0.4 is 5.32 Å². The minimum absolute atomic E-state index is 0.134. The highest BCUT2D eigenvalue weighted by Gasteiger charge is 2.07. The fourth-order valence-electron chi connectivity index (χ4n) is 2.25. The summed E-state index contributed by atoms with van der Waals surface area (Å²) in [5.74, 6) is -0.420. The third kappa shape index (κ3) is 3.63. The number of carbonyl (C=O) groups excluding carboxylic acids is 1. The van der Waals surface area contributed by atoms with Gasteiger partial charge in [0.15, 0.2) is 0 Å². The van der Waals surface area contributed by atoms with Gasteiger partial charge >= 0.3 is 0 Å². The number of rotatable bonds is 4. The first-order valence-corrected chi connectivity index (χ1v) is 7.27. The van der Waals surface area contributed by atoms with Gasteiger partial charge in [-0.1, -0.05) is 17.7 Å². The second-order valence-electron chi connectivity index (χ2n) is 5.28. The highest BCUT2D eigenvalue weighted by atomic mass is 19.1. The van der Waals surface area contributed by atoms with Crippen molar-refractivity contribution in [1.82, 2.24) is 15.1 Å². The summed E-state index contributed by atoms with van der Waals surface area (Å²) in [5.41, 5.74) is 3.17. The quantitative estimate of drug-likeness (QED) is 0.804. The van der Waals surface area contributed by atoms with Crippen LogP contribution in [-0.2, 0) is 6.54 Å². The van der Waals surface area contributed by atoms with E-state index in [9.17, 15) is 9.18 Å². The first kappa shape index (κ1) is 15.0. The number of carbonyl (C=O) groups is 1. The highest BCUT2D eigenvalue weighted by molar-refractivity contribution is 5.94. The first-order chi connectivity index (χ1) is 11.1. The van der Waals surface area contributed by atoms with Crippen LogP contribution in [-0.4, -0.2) is 15.7 Å². The molecule has 1 aromatic heterocycles. The molecule has 0 aliphatic heterocycles. The van der Waals surface area contributed by atoms with E-state index in [0.29, 0.717) is 12.1 Å². The Balaban J connectivity index is 1.65. The third-order valence-electron chi connectivity index (χ3n) is 3.45. The average Bonchev–Trinajstić information content (AvgIpc) is 3.02. The van der Waals surface area contributed by atoms with Crippen LogP contribution in [0, 0.1) is 12.7 Å². The van der Waals surface area contributed by atoms with Crippen molar-refractivity contribution in [3.05, 3.63) is 83.4 Å². The van der Waals surface area contributed by atoms with E-state index in [4.69, 9.17) is 0 Å². The lowest BCUT2D eigenvalue weighted by molar-refractivity contribution is 0.0950. The van der Waals surface area contributed by atoms with Crippen LogP contribution in [0.3, 0.4) is 0 Å². The summed E-state index contributed by atoms with van der Waals surface area (Å²) in [7, 11) is 0. The van der Waals surface area contributed by atoms with Crippen LogP contribution in [0.5, 0.6) is 0 Å². The normalized spacial score (nSPS) is 10.5. The van der Waals surface area contributed by atoms with Gasteiger partial charge < -0.3 is 5.32 Å². The number of benzene rings is 2. The number of halogens is 1. The van der Waals surface area contributed by atoms with E-state index in [0.717, 1.165) is 16.9 Å². The van der Waals surface area contributed by atoms with Crippen molar-refractivity contribution in [3.63, 3.8) is 0 Å². The van der Waals surface area contributed by atoms with Gasteiger partial charge in [0.25, 0.3) is 5.91 Å². The van der Waals surface area contributed by atoms with E-state index < -0.39 is 0 Å². The van der Waals surface area contributed by atoms with E-state index in [1.165, 1.54) is 12.1 Å². The molecule has 0 atom stereocenters.